The fraction of sp³-hybridized carbons (Fsp3) is 0.375. The number of hydrogen-bond acceptors (Lipinski definition) is 5. The number of fused-ring (bicyclic) bond motifs is 1. The highest BCUT2D eigenvalue weighted by atomic mass is 32.2. The highest BCUT2D eigenvalue weighted by molar-refractivity contribution is 7.89. The van der Waals surface area contributed by atoms with Crippen LogP contribution in [0.2, 0.25) is 0 Å². The maximum atomic E-state index is 13.2. The van der Waals surface area contributed by atoms with E-state index in [0.29, 0.717) is 17.7 Å². The number of rotatable bonds is 7. The van der Waals surface area contributed by atoms with Crippen molar-refractivity contribution >= 4 is 15.9 Å². The number of benzene rings is 2. The van der Waals surface area contributed by atoms with Gasteiger partial charge in [-0.2, -0.15) is 0 Å². The fourth-order valence-corrected chi connectivity index (χ4v) is 5.05. The maximum absolute atomic E-state index is 13.2. The van der Waals surface area contributed by atoms with Crippen LogP contribution in [0, 0.1) is 6.92 Å². The monoisotopic (exact) mass is 467 g/mol. The van der Waals surface area contributed by atoms with Gasteiger partial charge in [0.05, 0.1) is 11.4 Å². The molecule has 8 nitrogen and oxygen atoms in total. The third kappa shape index (κ3) is 5.31. The Bertz CT molecular complexity index is 1240. The molecule has 2 heterocycles. The van der Waals surface area contributed by atoms with E-state index < -0.39 is 10.0 Å². The molecule has 174 valence electrons. The van der Waals surface area contributed by atoms with Gasteiger partial charge in [-0.15, -0.1) is 10.2 Å². The number of nitrogens with zero attached hydrogens (tertiary/aromatic N) is 4. The Labute approximate surface area is 194 Å². The summed E-state index contributed by atoms with van der Waals surface area (Å²) >= 11 is 0. The third-order valence-electron chi connectivity index (χ3n) is 5.97. The van der Waals surface area contributed by atoms with E-state index in [0.717, 1.165) is 49.4 Å². The molecule has 0 fully saturated rings. The molecule has 9 heteroatoms. The summed E-state index contributed by atoms with van der Waals surface area (Å²) in [5.41, 5.74) is 1.93. The van der Waals surface area contributed by atoms with Gasteiger partial charge < -0.3 is 9.47 Å². The van der Waals surface area contributed by atoms with Crippen molar-refractivity contribution in [1.29, 1.82) is 0 Å². The van der Waals surface area contributed by atoms with Gasteiger partial charge in [-0.3, -0.25) is 4.79 Å². The molecule has 1 aliphatic rings. The minimum absolute atomic E-state index is 0.0668. The van der Waals surface area contributed by atoms with Gasteiger partial charge in [0, 0.05) is 32.1 Å². The minimum Gasteiger partial charge on any atom is -0.334 e. The van der Waals surface area contributed by atoms with Crippen LogP contribution in [0.5, 0.6) is 0 Å². The van der Waals surface area contributed by atoms with E-state index in [1.807, 2.05) is 30.3 Å². The van der Waals surface area contributed by atoms with Crippen LogP contribution in [-0.4, -0.2) is 41.0 Å². The second-order valence-corrected chi connectivity index (χ2v) is 10.2. The van der Waals surface area contributed by atoms with E-state index in [1.165, 1.54) is 12.1 Å². The Morgan fingerprint density at radius 2 is 1.88 bits per heavy atom. The molecule has 0 saturated carbocycles. The molecule has 4 rings (SSSR count). The zero-order chi connectivity index (χ0) is 23.4. The molecule has 3 aromatic rings. The van der Waals surface area contributed by atoms with E-state index in [2.05, 4.69) is 19.5 Å². The zero-order valence-corrected chi connectivity index (χ0v) is 19.8. The predicted octanol–water partition coefficient (Wildman–Crippen LogP) is 3.06. The summed E-state index contributed by atoms with van der Waals surface area (Å²) in [6, 6.07) is 13.9. The molecule has 1 N–H and O–H groups in total. The van der Waals surface area contributed by atoms with E-state index in [1.54, 1.807) is 24.9 Å². The first kappa shape index (κ1) is 23.1. The van der Waals surface area contributed by atoms with E-state index in [4.69, 9.17) is 0 Å². The average molecular weight is 468 g/mol. The standard InChI is InChI=1S/C24H29N5O3S/c1-18-12-13-20(33(31,32)25-16-19-9-5-3-6-10-19)15-21(18)24(30)28(2)17-23-27-26-22-11-7-4-8-14-29(22)23/h3,5-6,9-10,12-13,15,25H,4,7-8,11,14,16-17H2,1-2H3. The highest BCUT2D eigenvalue weighted by Gasteiger charge is 2.22. The molecule has 1 aromatic heterocycles. The summed E-state index contributed by atoms with van der Waals surface area (Å²) in [6.07, 6.45) is 4.24. The van der Waals surface area contributed by atoms with E-state index >= 15 is 0 Å². The average Bonchev–Trinajstić information content (AvgIpc) is 3.03. The van der Waals surface area contributed by atoms with Crippen molar-refractivity contribution in [2.24, 2.45) is 0 Å². The molecular formula is C24H29N5O3S. The molecule has 0 bridgehead atoms. The quantitative estimate of drug-likeness (QED) is 0.576. The van der Waals surface area contributed by atoms with Crippen LogP contribution in [0.3, 0.4) is 0 Å². The van der Waals surface area contributed by atoms with Gasteiger partial charge in [0.25, 0.3) is 5.91 Å². The first-order valence-electron chi connectivity index (χ1n) is 11.2. The Morgan fingerprint density at radius 3 is 2.67 bits per heavy atom. The zero-order valence-electron chi connectivity index (χ0n) is 19.0. The summed E-state index contributed by atoms with van der Waals surface area (Å²) in [4.78, 5) is 14.9. The normalized spacial score (nSPS) is 13.9. The van der Waals surface area contributed by atoms with Crippen molar-refractivity contribution < 1.29 is 13.2 Å². The lowest BCUT2D eigenvalue weighted by atomic mass is 10.1. The van der Waals surface area contributed by atoms with Crippen LogP contribution in [-0.2, 0) is 36.1 Å². The molecule has 1 amide bonds. The van der Waals surface area contributed by atoms with Crippen molar-refractivity contribution in [3.63, 3.8) is 0 Å². The number of carbonyl (C=O) groups excluding carboxylic acids is 1. The van der Waals surface area contributed by atoms with Gasteiger partial charge in [0.15, 0.2) is 5.82 Å². The van der Waals surface area contributed by atoms with E-state index in [-0.39, 0.29) is 17.3 Å². The second-order valence-electron chi connectivity index (χ2n) is 8.44. The van der Waals surface area contributed by atoms with Crippen LogP contribution in [0.15, 0.2) is 53.4 Å². The summed E-state index contributed by atoms with van der Waals surface area (Å²) in [6.45, 7) is 3.16. The number of aromatic nitrogens is 3. The van der Waals surface area contributed by atoms with Crippen molar-refractivity contribution in [2.75, 3.05) is 7.05 Å². The lowest BCUT2D eigenvalue weighted by molar-refractivity contribution is 0.0779. The highest BCUT2D eigenvalue weighted by Crippen LogP contribution is 2.20. The van der Waals surface area contributed by atoms with E-state index in [9.17, 15) is 13.2 Å². The fourth-order valence-electron chi connectivity index (χ4n) is 4.01. The Hall–Kier alpha value is -3.04. The molecule has 2 aromatic carbocycles. The van der Waals surface area contributed by atoms with Crippen molar-refractivity contribution in [1.82, 2.24) is 24.4 Å². The van der Waals surface area contributed by atoms with Crippen LogP contribution in [0.1, 0.15) is 52.4 Å². The Balaban J connectivity index is 1.51. The molecule has 1 aliphatic heterocycles. The van der Waals surface area contributed by atoms with Crippen molar-refractivity contribution in [3.05, 3.63) is 76.9 Å². The summed E-state index contributed by atoms with van der Waals surface area (Å²) < 4.78 is 30.4. The number of aryl methyl sites for hydroxylation is 2. The second kappa shape index (κ2) is 9.84. The van der Waals surface area contributed by atoms with Crippen molar-refractivity contribution in [3.8, 4) is 0 Å². The molecule has 0 saturated heterocycles. The van der Waals surface area contributed by atoms with Gasteiger partial charge in [0.2, 0.25) is 10.0 Å². The Kier molecular flexibility index (Phi) is 6.90. The minimum atomic E-state index is -3.77. The van der Waals surface area contributed by atoms with Gasteiger partial charge in [-0.25, -0.2) is 13.1 Å². The first-order valence-corrected chi connectivity index (χ1v) is 12.6. The third-order valence-corrected chi connectivity index (χ3v) is 7.37. The largest absolute Gasteiger partial charge is 0.334 e. The number of carbonyl (C=O) groups is 1. The molecule has 33 heavy (non-hydrogen) atoms. The van der Waals surface area contributed by atoms with Crippen LogP contribution < -0.4 is 4.72 Å². The van der Waals surface area contributed by atoms with Crippen LogP contribution in [0.4, 0.5) is 0 Å². The van der Waals surface area contributed by atoms with Crippen LogP contribution >= 0.6 is 0 Å². The smallest absolute Gasteiger partial charge is 0.254 e. The lowest BCUT2D eigenvalue weighted by Gasteiger charge is -2.19. The van der Waals surface area contributed by atoms with Gasteiger partial charge in [0.1, 0.15) is 5.82 Å². The molecule has 0 unspecified atom stereocenters. The number of nitrogens with one attached hydrogen (secondary N) is 1. The lowest BCUT2D eigenvalue weighted by Crippen LogP contribution is -2.29. The summed E-state index contributed by atoms with van der Waals surface area (Å²) in [5, 5.41) is 8.60. The first-order chi connectivity index (χ1) is 15.8. The van der Waals surface area contributed by atoms with Gasteiger partial charge in [-0.05, 0) is 43.0 Å². The van der Waals surface area contributed by atoms with Gasteiger partial charge >= 0.3 is 0 Å². The number of hydrogen-bond donors (Lipinski definition) is 1. The maximum Gasteiger partial charge on any atom is 0.254 e. The summed E-state index contributed by atoms with van der Waals surface area (Å²) in [5.74, 6) is 1.48. The molecule has 0 spiro atoms. The predicted molar refractivity (Wildman–Crippen MR) is 125 cm³/mol. The molecule has 0 radical (unpaired) electrons. The number of sulfonamides is 1. The topological polar surface area (TPSA) is 97.2 Å². The molecule has 0 aliphatic carbocycles. The molecule has 0 atom stereocenters. The van der Waals surface area contributed by atoms with Gasteiger partial charge in [-0.1, -0.05) is 42.8 Å². The summed E-state index contributed by atoms with van der Waals surface area (Å²) in [7, 11) is -2.07. The van der Waals surface area contributed by atoms with Crippen molar-refractivity contribution in [2.45, 2.75) is 57.1 Å². The number of amides is 1. The Morgan fingerprint density at radius 1 is 1.09 bits per heavy atom. The molecular weight excluding hydrogens is 438 g/mol. The SMILES string of the molecule is Cc1ccc(S(=O)(=O)NCc2ccccc2)cc1C(=O)N(C)Cc1nnc2n1CCCCC2. The van der Waals surface area contributed by atoms with Crippen LogP contribution in [0.25, 0.3) is 0 Å².